The Hall–Kier alpha value is -5.24. The van der Waals surface area contributed by atoms with Gasteiger partial charge in [-0.25, -0.2) is 4.79 Å². The minimum absolute atomic E-state index is 0.0244. The highest BCUT2D eigenvalue weighted by Crippen LogP contribution is 2.29. The van der Waals surface area contributed by atoms with E-state index < -0.39 is 11.9 Å². The van der Waals surface area contributed by atoms with Crippen LogP contribution in [0.25, 0.3) is 21.7 Å². The molecule has 198 valence electrons. The number of imide groups is 1. The zero-order chi connectivity index (χ0) is 28.0. The molecule has 1 aliphatic heterocycles. The van der Waals surface area contributed by atoms with Crippen molar-refractivity contribution in [2.75, 3.05) is 0 Å². The van der Waals surface area contributed by atoms with Gasteiger partial charge in [-0.3, -0.25) is 19.3 Å². The first-order chi connectivity index (χ1) is 19.3. The highest BCUT2D eigenvalue weighted by molar-refractivity contribution is 6.22. The van der Waals surface area contributed by atoms with Crippen LogP contribution in [0.1, 0.15) is 51.3 Å². The number of nitrogens with zero attached hydrogens (tertiary/aromatic N) is 1. The average Bonchev–Trinajstić information content (AvgIpc) is 3.22. The fourth-order valence-electron chi connectivity index (χ4n) is 4.72. The third kappa shape index (κ3) is 4.29. The van der Waals surface area contributed by atoms with Crippen molar-refractivity contribution in [2.45, 2.75) is 26.3 Å². The van der Waals surface area contributed by atoms with Gasteiger partial charge in [0, 0.05) is 12.1 Å². The van der Waals surface area contributed by atoms with E-state index in [1.54, 1.807) is 13.0 Å². The van der Waals surface area contributed by atoms with Crippen LogP contribution in [0.15, 0.2) is 94.3 Å². The zero-order valence-electron chi connectivity index (χ0n) is 21.7. The molecule has 40 heavy (non-hydrogen) atoms. The van der Waals surface area contributed by atoms with Crippen LogP contribution in [0.3, 0.4) is 0 Å². The lowest BCUT2D eigenvalue weighted by molar-refractivity contribution is 0.0593. The SMILES string of the molecule is CCC(C)N1C(=O)c2ccc(C(=O)Oc3ccc4c(=O)c(Oc5ccc6ccccc6c5)coc4c3)cc2C1=O. The van der Waals surface area contributed by atoms with E-state index in [4.69, 9.17) is 13.9 Å². The van der Waals surface area contributed by atoms with Crippen molar-refractivity contribution in [1.82, 2.24) is 4.90 Å². The normalized spacial score (nSPS) is 13.5. The molecule has 1 unspecified atom stereocenters. The molecule has 0 spiro atoms. The molecule has 8 nitrogen and oxygen atoms in total. The molecule has 8 heteroatoms. The van der Waals surface area contributed by atoms with Crippen LogP contribution in [0.4, 0.5) is 0 Å². The Bertz CT molecular complexity index is 1910. The summed E-state index contributed by atoms with van der Waals surface area (Å²) in [5, 5.41) is 2.28. The second-order valence-electron chi connectivity index (χ2n) is 9.59. The van der Waals surface area contributed by atoms with Gasteiger partial charge in [-0.2, -0.15) is 0 Å². The first kappa shape index (κ1) is 25.1. The smallest absolute Gasteiger partial charge is 0.343 e. The molecule has 2 heterocycles. The summed E-state index contributed by atoms with van der Waals surface area (Å²) in [6.45, 7) is 3.69. The lowest BCUT2D eigenvalue weighted by Crippen LogP contribution is -2.37. The summed E-state index contributed by atoms with van der Waals surface area (Å²) in [6.07, 6.45) is 1.84. The van der Waals surface area contributed by atoms with Gasteiger partial charge in [-0.1, -0.05) is 37.3 Å². The van der Waals surface area contributed by atoms with Gasteiger partial charge in [0.1, 0.15) is 23.3 Å². The lowest BCUT2D eigenvalue weighted by Gasteiger charge is -2.20. The summed E-state index contributed by atoms with van der Waals surface area (Å²) in [5.74, 6) is -0.856. The van der Waals surface area contributed by atoms with E-state index in [0.29, 0.717) is 12.2 Å². The van der Waals surface area contributed by atoms with Crippen LogP contribution in [0.2, 0.25) is 0 Å². The summed E-state index contributed by atoms with van der Waals surface area (Å²) in [5.41, 5.74) is 0.380. The summed E-state index contributed by atoms with van der Waals surface area (Å²) in [4.78, 5) is 52.6. The van der Waals surface area contributed by atoms with Gasteiger partial charge in [0.25, 0.3) is 11.8 Å². The topological polar surface area (TPSA) is 103 Å². The van der Waals surface area contributed by atoms with E-state index in [1.165, 1.54) is 47.6 Å². The monoisotopic (exact) mass is 533 g/mol. The standard InChI is InChI=1S/C32H23NO7/c1-3-18(2)33-30(35)24-12-9-21(15-26(24)31(33)36)32(37)40-23-11-13-25-27(16-23)38-17-28(29(25)34)39-22-10-8-19-6-4-5-7-20(19)14-22/h4-18H,3H2,1-2H3. The van der Waals surface area contributed by atoms with E-state index in [0.717, 1.165) is 10.8 Å². The minimum Gasteiger partial charge on any atom is -0.460 e. The molecule has 1 atom stereocenters. The van der Waals surface area contributed by atoms with Gasteiger partial charge in [0.15, 0.2) is 0 Å². The molecule has 0 saturated heterocycles. The van der Waals surface area contributed by atoms with Gasteiger partial charge in [-0.05, 0) is 66.6 Å². The van der Waals surface area contributed by atoms with Crippen molar-refractivity contribution in [3.8, 4) is 17.2 Å². The predicted octanol–water partition coefficient (Wildman–Crippen LogP) is 6.35. The van der Waals surface area contributed by atoms with Crippen molar-refractivity contribution < 1.29 is 28.3 Å². The molecular formula is C32H23NO7. The van der Waals surface area contributed by atoms with E-state index in [9.17, 15) is 19.2 Å². The van der Waals surface area contributed by atoms with Crippen LogP contribution in [0.5, 0.6) is 17.2 Å². The van der Waals surface area contributed by atoms with Crippen LogP contribution in [0, 0.1) is 0 Å². The molecule has 0 fully saturated rings. The average molecular weight is 534 g/mol. The largest absolute Gasteiger partial charge is 0.460 e. The maximum Gasteiger partial charge on any atom is 0.343 e. The Kier molecular flexibility index (Phi) is 6.15. The third-order valence-electron chi connectivity index (χ3n) is 7.06. The molecule has 1 aliphatic rings. The molecule has 4 aromatic carbocycles. The molecular weight excluding hydrogens is 510 g/mol. The van der Waals surface area contributed by atoms with Gasteiger partial charge >= 0.3 is 5.97 Å². The predicted molar refractivity (Wildman–Crippen MR) is 148 cm³/mol. The minimum atomic E-state index is -0.719. The number of hydrogen-bond acceptors (Lipinski definition) is 7. The van der Waals surface area contributed by atoms with E-state index in [1.807, 2.05) is 43.3 Å². The number of esters is 1. The first-order valence-electron chi connectivity index (χ1n) is 12.8. The number of carbonyl (C=O) groups excluding carboxylic acids is 3. The molecule has 2 amide bonds. The van der Waals surface area contributed by atoms with E-state index in [2.05, 4.69) is 0 Å². The number of amides is 2. The van der Waals surface area contributed by atoms with Crippen molar-refractivity contribution in [2.24, 2.45) is 0 Å². The second kappa shape index (κ2) is 9.81. The highest BCUT2D eigenvalue weighted by atomic mass is 16.5. The third-order valence-corrected chi connectivity index (χ3v) is 7.06. The fourth-order valence-corrected chi connectivity index (χ4v) is 4.72. The van der Waals surface area contributed by atoms with Crippen LogP contribution >= 0.6 is 0 Å². The maximum atomic E-state index is 13.1. The Labute approximate surface area is 228 Å². The Morgan fingerprint density at radius 2 is 1.60 bits per heavy atom. The molecule has 5 aromatic rings. The van der Waals surface area contributed by atoms with E-state index in [-0.39, 0.29) is 56.5 Å². The molecule has 6 rings (SSSR count). The van der Waals surface area contributed by atoms with Crippen molar-refractivity contribution in [1.29, 1.82) is 0 Å². The van der Waals surface area contributed by atoms with Crippen LogP contribution < -0.4 is 14.9 Å². The molecule has 0 radical (unpaired) electrons. The molecule has 0 saturated carbocycles. The zero-order valence-corrected chi connectivity index (χ0v) is 21.7. The Balaban J connectivity index is 1.22. The Morgan fingerprint density at radius 3 is 2.40 bits per heavy atom. The van der Waals surface area contributed by atoms with Gasteiger partial charge in [-0.15, -0.1) is 0 Å². The quantitative estimate of drug-likeness (QED) is 0.142. The van der Waals surface area contributed by atoms with Crippen LogP contribution in [-0.2, 0) is 0 Å². The molecule has 0 aliphatic carbocycles. The van der Waals surface area contributed by atoms with Crippen molar-refractivity contribution >= 4 is 39.5 Å². The number of hydrogen-bond donors (Lipinski definition) is 0. The summed E-state index contributed by atoms with van der Waals surface area (Å²) in [6, 6.07) is 21.8. The van der Waals surface area contributed by atoms with E-state index >= 15 is 0 Å². The van der Waals surface area contributed by atoms with Gasteiger partial charge < -0.3 is 13.9 Å². The van der Waals surface area contributed by atoms with Gasteiger partial charge in [0.2, 0.25) is 11.2 Å². The maximum absolute atomic E-state index is 13.1. The number of carbonyl (C=O) groups is 3. The summed E-state index contributed by atoms with van der Waals surface area (Å²) in [7, 11) is 0. The number of ether oxygens (including phenoxy) is 2. The summed E-state index contributed by atoms with van der Waals surface area (Å²) < 4.78 is 16.9. The number of benzene rings is 4. The molecule has 1 aromatic heterocycles. The fraction of sp³-hybridized carbons (Fsp3) is 0.125. The molecule has 0 N–H and O–H groups in total. The molecule has 0 bridgehead atoms. The lowest BCUT2D eigenvalue weighted by atomic mass is 10.1. The summed E-state index contributed by atoms with van der Waals surface area (Å²) >= 11 is 0. The first-order valence-corrected chi connectivity index (χ1v) is 12.8. The second-order valence-corrected chi connectivity index (χ2v) is 9.59. The number of rotatable bonds is 6. The Morgan fingerprint density at radius 1 is 0.850 bits per heavy atom. The van der Waals surface area contributed by atoms with Crippen molar-refractivity contribution in [3.05, 3.63) is 112 Å². The van der Waals surface area contributed by atoms with Gasteiger partial charge in [0.05, 0.1) is 22.1 Å². The van der Waals surface area contributed by atoms with Crippen molar-refractivity contribution in [3.63, 3.8) is 0 Å². The number of fused-ring (bicyclic) bond motifs is 3. The van der Waals surface area contributed by atoms with Crippen LogP contribution in [-0.4, -0.2) is 28.7 Å². The highest BCUT2D eigenvalue weighted by Gasteiger charge is 2.38.